The van der Waals surface area contributed by atoms with Gasteiger partial charge >= 0.3 is 0 Å². The summed E-state index contributed by atoms with van der Waals surface area (Å²) in [4.78, 5) is 2.01. The maximum Gasteiger partial charge on any atom is 0.263 e. The fourth-order valence-electron chi connectivity index (χ4n) is 7.06. The summed E-state index contributed by atoms with van der Waals surface area (Å²) < 4.78 is 82.9. The minimum absolute atomic E-state index is 0. The van der Waals surface area contributed by atoms with Crippen molar-refractivity contribution < 1.29 is 64.2 Å². The van der Waals surface area contributed by atoms with Gasteiger partial charge in [-0.3, -0.25) is 9.36 Å². The van der Waals surface area contributed by atoms with Gasteiger partial charge in [0.15, 0.2) is 10.1 Å². The number of quaternary nitrogens is 1. The number of methoxy groups -OCH3 is 4. The lowest BCUT2D eigenvalue weighted by Gasteiger charge is -2.31. The maximum absolute atomic E-state index is 13.8. The molecule has 2 unspecified atom stereocenters. The molecule has 0 N–H and O–H groups in total. The molecule has 0 spiro atoms. The largest absolute Gasteiger partial charge is 1.00 e. The molecular formula is C49H67IN8O8S2. The molecule has 0 amide bonds. The molecule has 0 saturated heterocycles. The quantitative estimate of drug-likeness (QED) is 0.0806. The summed E-state index contributed by atoms with van der Waals surface area (Å²) in [5.41, 5.74) is 5.10. The highest BCUT2D eigenvalue weighted by Crippen LogP contribution is 2.29. The number of nitrogens with zero attached hydrogens (tertiary/aromatic N) is 8. The van der Waals surface area contributed by atoms with E-state index in [1.807, 2.05) is 123 Å². The van der Waals surface area contributed by atoms with Crippen LogP contribution in [0.2, 0.25) is 0 Å². The molecule has 6 rings (SSSR count). The Bertz CT molecular complexity index is 2640. The number of ether oxygens (including phenoxy) is 4. The Morgan fingerprint density at radius 1 is 0.515 bits per heavy atom. The van der Waals surface area contributed by atoms with Gasteiger partial charge in [-0.1, -0.05) is 48.5 Å². The Hall–Kier alpha value is -5.03. The Labute approximate surface area is 420 Å². The van der Waals surface area contributed by atoms with E-state index in [-0.39, 0.29) is 72.3 Å². The number of hydrogen-bond donors (Lipinski definition) is 0. The van der Waals surface area contributed by atoms with Gasteiger partial charge in [-0.15, -0.1) is 0 Å². The van der Waals surface area contributed by atoms with Crippen molar-refractivity contribution >= 4 is 20.0 Å². The zero-order valence-corrected chi connectivity index (χ0v) is 45.2. The molecule has 0 aliphatic rings. The summed E-state index contributed by atoms with van der Waals surface area (Å²) in [6.45, 7) is 4.89. The minimum atomic E-state index is -3.88. The number of sulfonamides is 2. The first-order chi connectivity index (χ1) is 31.6. The first-order valence-corrected chi connectivity index (χ1v) is 24.6. The first-order valence-electron chi connectivity index (χ1n) is 21.7. The van der Waals surface area contributed by atoms with Gasteiger partial charge in [-0.25, -0.2) is 16.8 Å². The molecule has 4 aromatic carbocycles. The van der Waals surface area contributed by atoms with E-state index in [1.54, 1.807) is 64.0 Å². The number of benzene rings is 4. The summed E-state index contributed by atoms with van der Waals surface area (Å²) in [7, 11) is 12.3. The van der Waals surface area contributed by atoms with Crippen LogP contribution in [-0.4, -0.2) is 118 Å². The Balaban J connectivity index is 0.000000292. The Morgan fingerprint density at radius 3 is 1.03 bits per heavy atom. The summed E-state index contributed by atoms with van der Waals surface area (Å²) in [6.07, 6.45) is 0. The molecule has 0 aliphatic carbocycles. The Kier molecular flexibility index (Phi) is 19.6. The van der Waals surface area contributed by atoms with Crippen LogP contribution < -0.4 is 42.9 Å². The molecule has 0 saturated carbocycles. The van der Waals surface area contributed by atoms with E-state index in [1.165, 1.54) is 8.61 Å². The lowest BCUT2D eigenvalue weighted by molar-refractivity contribution is -0.900. The van der Waals surface area contributed by atoms with E-state index in [0.29, 0.717) is 4.48 Å². The molecule has 19 heteroatoms. The zero-order chi connectivity index (χ0) is 49.3. The molecule has 2 heterocycles. The van der Waals surface area contributed by atoms with Crippen molar-refractivity contribution in [3.05, 3.63) is 143 Å². The molecule has 0 radical (unpaired) electrons. The second-order valence-corrected chi connectivity index (χ2v) is 21.2. The van der Waals surface area contributed by atoms with Gasteiger partial charge in [0.2, 0.25) is 0 Å². The van der Waals surface area contributed by atoms with E-state index in [2.05, 4.69) is 38.3 Å². The predicted octanol–water partition coefficient (Wildman–Crippen LogP) is 4.05. The molecule has 370 valence electrons. The van der Waals surface area contributed by atoms with E-state index >= 15 is 0 Å². The second-order valence-electron chi connectivity index (χ2n) is 17.4. The van der Waals surface area contributed by atoms with Crippen LogP contribution in [0.3, 0.4) is 0 Å². The third-order valence-corrected chi connectivity index (χ3v) is 15.2. The minimum Gasteiger partial charge on any atom is -1.00 e. The summed E-state index contributed by atoms with van der Waals surface area (Å²) in [5, 5.41) is 8.86. The number of halogens is 1. The zero-order valence-electron chi connectivity index (χ0n) is 41.4. The van der Waals surface area contributed by atoms with Crippen molar-refractivity contribution in [1.82, 2.24) is 33.1 Å². The van der Waals surface area contributed by atoms with Gasteiger partial charge in [-0.2, -0.15) is 18.8 Å². The van der Waals surface area contributed by atoms with Crippen molar-refractivity contribution in [3.8, 4) is 23.0 Å². The molecule has 2 aromatic heterocycles. The second kappa shape index (κ2) is 24.0. The molecule has 68 heavy (non-hydrogen) atoms. The van der Waals surface area contributed by atoms with E-state index in [9.17, 15) is 16.8 Å². The fourth-order valence-corrected chi connectivity index (χ4v) is 9.85. The number of aryl methyl sites for hydroxylation is 2. The standard InChI is InChI=1S/C25H35N4O4S.C24H32N4O4S.HI/c1-19(29(3,4)5)24-16-25(26-27(24)2)34(30,31)28(17-20-8-12-22(32-6)13-9-20)18-21-10-14-23(33-7)15-11-21;1-18(26(2)3)23-15-24(25-27(23)4)33(29,30)28(16-19-7-11-21(31-5)12-8-19)17-20-9-13-22(32-6)14-10-20;/h8-16,19H,17-18H2,1-7H3;7-15,18H,16-17H2,1-6H3;1H/q+1;;/p-1. The third kappa shape index (κ3) is 14.0. The van der Waals surface area contributed by atoms with E-state index < -0.39 is 20.0 Å². The summed E-state index contributed by atoms with van der Waals surface area (Å²) >= 11 is 0. The van der Waals surface area contributed by atoms with E-state index in [4.69, 9.17) is 18.9 Å². The highest BCUT2D eigenvalue weighted by Gasteiger charge is 2.33. The average molecular weight is 1090 g/mol. The number of aromatic nitrogens is 4. The Morgan fingerprint density at radius 2 is 0.779 bits per heavy atom. The van der Waals surface area contributed by atoms with Gasteiger partial charge in [0.05, 0.1) is 61.0 Å². The topological polar surface area (TPSA) is 151 Å². The predicted molar refractivity (Wildman–Crippen MR) is 260 cm³/mol. The normalized spacial score (nSPS) is 12.8. The van der Waals surface area contributed by atoms with Crippen LogP contribution in [0.1, 0.15) is 59.6 Å². The van der Waals surface area contributed by atoms with Crippen LogP contribution in [-0.2, 0) is 60.3 Å². The maximum atomic E-state index is 13.8. The van der Waals surface area contributed by atoms with Crippen molar-refractivity contribution in [2.45, 2.75) is 62.2 Å². The highest BCUT2D eigenvalue weighted by molar-refractivity contribution is 7.89. The van der Waals surface area contributed by atoms with Gasteiger partial charge < -0.3 is 52.3 Å². The SMILES string of the molecule is COc1ccc(CN(Cc2ccc(OC)cc2)S(=O)(=O)c2cc(C(C)N(C)C)n(C)n2)cc1.COc1ccc(CN(Cc2ccc(OC)cc2)S(=O)(=O)c2cc(C(C)[N+](C)(C)C)n(C)n2)cc1.[I-]. The molecule has 6 aromatic rings. The van der Waals surface area contributed by atoms with Gasteiger partial charge in [0.1, 0.15) is 29.0 Å². The molecule has 2 atom stereocenters. The van der Waals surface area contributed by atoms with Gasteiger partial charge in [0, 0.05) is 58.4 Å². The average Bonchev–Trinajstić information content (AvgIpc) is 3.91. The van der Waals surface area contributed by atoms with Crippen molar-refractivity contribution in [3.63, 3.8) is 0 Å². The van der Waals surface area contributed by atoms with Crippen LogP contribution in [0.5, 0.6) is 23.0 Å². The highest BCUT2D eigenvalue weighted by atomic mass is 127. The number of hydrogen-bond acceptors (Lipinski definition) is 11. The molecular weight excluding hydrogens is 1020 g/mol. The smallest absolute Gasteiger partial charge is 0.263 e. The monoisotopic (exact) mass is 1090 g/mol. The molecule has 16 nitrogen and oxygen atoms in total. The van der Waals surface area contributed by atoms with Crippen molar-refractivity contribution in [1.29, 1.82) is 0 Å². The summed E-state index contributed by atoms with van der Waals surface area (Å²) in [6, 6.07) is 33.0. The molecule has 0 bridgehead atoms. The van der Waals surface area contributed by atoms with Gasteiger partial charge in [-0.05, 0) is 98.7 Å². The number of rotatable bonds is 20. The van der Waals surface area contributed by atoms with Crippen molar-refractivity contribution in [2.75, 3.05) is 63.7 Å². The van der Waals surface area contributed by atoms with Gasteiger partial charge in [0.25, 0.3) is 20.0 Å². The van der Waals surface area contributed by atoms with Crippen LogP contribution >= 0.6 is 0 Å². The lowest BCUT2D eigenvalue weighted by Crippen LogP contribution is -3.00. The van der Waals surface area contributed by atoms with Crippen LogP contribution in [0, 0.1) is 0 Å². The lowest BCUT2D eigenvalue weighted by atomic mass is 10.2. The van der Waals surface area contributed by atoms with Crippen molar-refractivity contribution in [2.24, 2.45) is 14.1 Å². The van der Waals surface area contributed by atoms with E-state index in [0.717, 1.165) is 56.6 Å². The third-order valence-electron chi connectivity index (χ3n) is 11.9. The first kappa shape index (κ1) is 55.6. The van der Waals surface area contributed by atoms with Crippen LogP contribution in [0.15, 0.2) is 119 Å². The van der Waals surface area contributed by atoms with Crippen LogP contribution in [0.4, 0.5) is 0 Å². The summed E-state index contributed by atoms with van der Waals surface area (Å²) in [5.74, 6) is 2.87. The molecule has 0 aliphatic heterocycles. The van der Waals surface area contributed by atoms with Crippen LogP contribution in [0.25, 0.3) is 0 Å². The fraction of sp³-hybridized carbons (Fsp3) is 0.388. The molecule has 0 fully saturated rings.